The SMILES string of the molecule is CCOC(=O)c1nnccc1SCc1ccccc1. The van der Waals surface area contributed by atoms with Crippen molar-refractivity contribution in [2.24, 2.45) is 0 Å². The lowest BCUT2D eigenvalue weighted by molar-refractivity contribution is 0.0513. The molecule has 98 valence electrons. The zero-order valence-electron chi connectivity index (χ0n) is 10.6. The second-order valence-corrected chi connectivity index (χ2v) is 4.76. The third kappa shape index (κ3) is 3.79. The highest BCUT2D eigenvalue weighted by Gasteiger charge is 2.14. The normalized spacial score (nSPS) is 10.2. The van der Waals surface area contributed by atoms with E-state index in [1.165, 1.54) is 5.56 Å². The molecule has 0 fully saturated rings. The summed E-state index contributed by atoms with van der Waals surface area (Å²) in [4.78, 5) is 12.5. The van der Waals surface area contributed by atoms with E-state index >= 15 is 0 Å². The highest BCUT2D eigenvalue weighted by atomic mass is 32.2. The molecule has 0 saturated carbocycles. The number of carbonyl (C=O) groups excluding carboxylic acids is 1. The monoisotopic (exact) mass is 274 g/mol. The number of rotatable bonds is 5. The van der Waals surface area contributed by atoms with Crippen LogP contribution in [-0.4, -0.2) is 22.8 Å². The first kappa shape index (κ1) is 13.5. The van der Waals surface area contributed by atoms with Crippen LogP contribution in [0.25, 0.3) is 0 Å². The molecule has 19 heavy (non-hydrogen) atoms. The number of aromatic nitrogens is 2. The second-order valence-electron chi connectivity index (χ2n) is 3.74. The lowest BCUT2D eigenvalue weighted by Crippen LogP contribution is -2.09. The number of benzene rings is 1. The van der Waals surface area contributed by atoms with Crippen molar-refractivity contribution in [3.8, 4) is 0 Å². The topological polar surface area (TPSA) is 52.1 Å². The lowest BCUT2D eigenvalue weighted by atomic mass is 10.2. The predicted molar refractivity (Wildman–Crippen MR) is 74.0 cm³/mol. The zero-order valence-corrected chi connectivity index (χ0v) is 11.4. The minimum Gasteiger partial charge on any atom is -0.461 e. The molecule has 0 aliphatic carbocycles. The average molecular weight is 274 g/mol. The van der Waals surface area contributed by atoms with Gasteiger partial charge in [0.25, 0.3) is 0 Å². The molecule has 4 nitrogen and oxygen atoms in total. The molecule has 0 N–H and O–H groups in total. The highest BCUT2D eigenvalue weighted by molar-refractivity contribution is 7.98. The highest BCUT2D eigenvalue weighted by Crippen LogP contribution is 2.24. The molecule has 0 bridgehead atoms. The van der Waals surface area contributed by atoms with Crippen molar-refractivity contribution in [3.63, 3.8) is 0 Å². The van der Waals surface area contributed by atoms with Crippen LogP contribution in [0.2, 0.25) is 0 Å². The van der Waals surface area contributed by atoms with Gasteiger partial charge in [-0.1, -0.05) is 30.3 Å². The Balaban J connectivity index is 2.10. The fraction of sp³-hybridized carbons (Fsp3) is 0.214. The van der Waals surface area contributed by atoms with Gasteiger partial charge in [-0.15, -0.1) is 16.9 Å². The van der Waals surface area contributed by atoms with Crippen molar-refractivity contribution in [2.45, 2.75) is 17.6 Å². The van der Waals surface area contributed by atoms with E-state index in [0.717, 1.165) is 10.6 Å². The molecule has 0 saturated heterocycles. The lowest BCUT2D eigenvalue weighted by Gasteiger charge is -2.06. The summed E-state index contributed by atoms with van der Waals surface area (Å²) >= 11 is 1.55. The van der Waals surface area contributed by atoms with Crippen LogP contribution in [0.3, 0.4) is 0 Å². The Morgan fingerprint density at radius 1 is 1.26 bits per heavy atom. The van der Waals surface area contributed by atoms with Crippen LogP contribution in [0.5, 0.6) is 0 Å². The molecule has 0 aliphatic heterocycles. The molecular formula is C14H14N2O2S. The number of carbonyl (C=O) groups is 1. The number of nitrogens with zero attached hydrogens (tertiary/aromatic N) is 2. The Bertz CT molecular complexity index is 546. The number of thioether (sulfide) groups is 1. The Labute approximate surface area is 116 Å². The van der Waals surface area contributed by atoms with E-state index in [0.29, 0.717) is 6.61 Å². The molecule has 2 rings (SSSR count). The Morgan fingerprint density at radius 2 is 2.05 bits per heavy atom. The van der Waals surface area contributed by atoms with E-state index in [1.807, 2.05) is 30.3 Å². The third-order valence-electron chi connectivity index (χ3n) is 2.39. The Kier molecular flexibility index (Phi) is 4.92. The first-order chi connectivity index (χ1) is 9.31. The molecule has 1 heterocycles. The minimum absolute atomic E-state index is 0.283. The quantitative estimate of drug-likeness (QED) is 0.620. The van der Waals surface area contributed by atoms with Gasteiger partial charge in [0.05, 0.1) is 12.8 Å². The van der Waals surface area contributed by atoms with Crippen LogP contribution < -0.4 is 0 Å². The molecular weight excluding hydrogens is 260 g/mol. The van der Waals surface area contributed by atoms with E-state index in [-0.39, 0.29) is 5.69 Å². The summed E-state index contributed by atoms with van der Waals surface area (Å²) in [6.45, 7) is 2.10. The van der Waals surface area contributed by atoms with Crippen LogP contribution in [-0.2, 0) is 10.5 Å². The maximum absolute atomic E-state index is 11.7. The molecule has 0 aliphatic rings. The van der Waals surface area contributed by atoms with Crippen LogP contribution in [0, 0.1) is 0 Å². The summed E-state index contributed by atoms with van der Waals surface area (Å²) in [7, 11) is 0. The van der Waals surface area contributed by atoms with E-state index in [9.17, 15) is 4.79 Å². The first-order valence-electron chi connectivity index (χ1n) is 5.96. The molecule has 0 atom stereocenters. The fourth-order valence-corrected chi connectivity index (χ4v) is 2.45. The van der Waals surface area contributed by atoms with Gasteiger partial charge in [0.1, 0.15) is 0 Å². The van der Waals surface area contributed by atoms with Gasteiger partial charge in [0.15, 0.2) is 5.69 Å². The second kappa shape index (κ2) is 6.89. The van der Waals surface area contributed by atoms with E-state index in [2.05, 4.69) is 10.2 Å². The summed E-state index contributed by atoms with van der Waals surface area (Å²) in [5.41, 5.74) is 1.48. The fourth-order valence-electron chi connectivity index (χ4n) is 1.51. The maximum atomic E-state index is 11.7. The number of hydrogen-bond acceptors (Lipinski definition) is 5. The van der Waals surface area contributed by atoms with Crippen LogP contribution in [0.4, 0.5) is 0 Å². The van der Waals surface area contributed by atoms with Gasteiger partial charge in [0, 0.05) is 10.6 Å². The Morgan fingerprint density at radius 3 is 2.79 bits per heavy atom. The van der Waals surface area contributed by atoms with Gasteiger partial charge in [0.2, 0.25) is 0 Å². The molecule has 0 amide bonds. The molecule has 1 aromatic carbocycles. The zero-order chi connectivity index (χ0) is 13.5. The van der Waals surface area contributed by atoms with Gasteiger partial charge in [-0.05, 0) is 18.6 Å². The van der Waals surface area contributed by atoms with E-state index < -0.39 is 5.97 Å². The van der Waals surface area contributed by atoms with E-state index in [1.54, 1.807) is 30.9 Å². The molecule has 0 unspecified atom stereocenters. The van der Waals surface area contributed by atoms with Crippen molar-refractivity contribution < 1.29 is 9.53 Å². The summed E-state index contributed by atoms with van der Waals surface area (Å²) in [6.07, 6.45) is 1.58. The predicted octanol–water partition coefficient (Wildman–Crippen LogP) is 2.95. The van der Waals surface area contributed by atoms with Gasteiger partial charge in [-0.3, -0.25) is 0 Å². The molecule has 0 radical (unpaired) electrons. The summed E-state index contributed by atoms with van der Waals surface area (Å²) < 4.78 is 4.97. The van der Waals surface area contributed by atoms with Crippen molar-refractivity contribution in [2.75, 3.05) is 6.61 Å². The van der Waals surface area contributed by atoms with Crippen molar-refractivity contribution in [1.82, 2.24) is 10.2 Å². The van der Waals surface area contributed by atoms with E-state index in [4.69, 9.17) is 4.74 Å². The van der Waals surface area contributed by atoms with Crippen molar-refractivity contribution in [3.05, 3.63) is 53.9 Å². The summed E-state index contributed by atoms with van der Waals surface area (Å²) in [5, 5.41) is 7.60. The maximum Gasteiger partial charge on any atom is 0.360 e. The van der Waals surface area contributed by atoms with Crippen molar-refractivity contribution in [1.29, 1.82) is 0 Å². The van der Waals surface area contributed by atoms with Crippen LogP contribution in [0.15, 0.2) is 47.5 Å². The van der Waals surface area contributed by atoms with Gasteiger partial charge >= 0.3 is 5.97 Å². The van der Waals surface area contributed by atoms with Crippen LogP contribution in [0.1, 0.15) is 23.0 Å². The van der Waals surface area contributed by atoms with Gasteiger partial charge in [-0.2, -0.15) is 5.10 Å². The van der Waals surface area contributed by atoms with Crippen LogP contribution >= 0.6 is 11.8 Å². The number of hydrogen-bond donors (Lipinski definition) is 0. The average Bonchev–Trinajstić information content (AvgIpc) is 2.47. The smallest absolute Gasteiger partial charge is 0.360 e. The third-order valence-corrected chi connectivity index (χ3v) is 3.51. The standard InChI is InChI=1S/C14H14N2O2S/c1-2-18-14(17)13-12(8-9-15-16-13)19-10-11-6-4-3-5-7-11/h3-9H,2,10H2,1H3. The molecule has 5 heteroatoms. The number of ether oxygens (including phenoxy) is 1. The molecule has 2 aromatic rings. The molecule has 0 spiro atoms. The Hall–Kier alpha value is -1.88. The van der Waals surface area contributed by atoms with Gasteiger partial charge < -0.3 is 4.74 Å². The number of esters is 1. The van der Waals surface area contributed by atoms with Gasteiger partial charge in [-0.25, -0.2) is 4.79 Å². The minimum atomic E-state index is -0.425. The molecule has 1 aromatic heterocycles. The van der Waals surface area contributed by atoms with Crippen molar-refractivity contribution >= 4 is 17.7 Å². The summed E-state index contributed by atoms with van der Waals surface area (Å²) in [6, 6.07) is 11.8. The summed E-state index contributed by atoms with van der Waals surface area (Å²) in [5.74, 6) is 0.352. The largest absolute Gasteiger partial charge is 0.461 e. The first-order valence-corrected chi connectivity index (χ1v) is 6.95.